The van der Waals surface area contributed by atoms with Crippen molar-refractivity contribution in [2.75, 3.05) is 6.61 Å². The predicted octanol–water partition coefficient (Wildman–Crippen LogP) is 3.23. The van der Waals surface area contributed by atoms with Crippen molar-refractivity contribution in [3.05, 3.63) is 58.3 Å². The van der Waals surface area contributed by atoms with Crippen LogP contribution in [0, 0.1) is 6.92 Å². The van der Waals surface area contributed by atoms with E-state index in [1.807, 2.05) is 30.3 Å². The number of alkyl halides is 3. The first-order chi connectivity index (χ1) is 12.3. The molecule has 0 amide bonds. The second-order valence-corrected chi connectivity index (χ2v) is 6.06. The summed E-state index contributed by atoms with van der Waals surface area (Å²) in [6, 6.07) is 9.63. The Bertz CT molecular complexity index is 975. The minimum absolute atomic E-state index is 0.0652. The quantitative estimate of drug-likeness (QED) is 0.698. The summed E-state index contributed by atoms with van der Waals surface area (Å²) in [4.78, 5) is 17.3. The lowest BCUT2D eigenvalue weighted by Gasteiger charge is -2.11. The number of hydrogen-bond acceptors (Lipinski definition) is 3. The molecule has 0 N–H and O–H groups in total. The standard InChI is InChI=1S/C18H18F3N3O2/c1-12-22-16-15(14(10-23(16)2)26-11-18(19,20)21)17(25)24(12)9-8-13-6-4-3-5-7-13/h3-7,10H,8-9,11H2,1-2H3. The van der Waals surface area contributed by atoms with Gasteiger partial charge in [0, 0.05) is 19.8 Å². The van der Waals surface area contributed by atoms with E-state index in [0.29, 0.717) is 24.4 Å². The molecule has 0 aliphatic heterocycles. The van der Waals surface area contributed by atoms with Crippen LogP contribution in [0.2, 0.25) is 0 Å². The maximum absolute atomic E-state index is 12.9. The van der Waals surface area contributed by atoms with E-state index in [1.54, 1.807) is 14.0 Å². The molecule has 0 saturated heterocycles. The fourth-order valence-corrected chi connectivity index (χ4v) is 2.84. The molecule has 0 unspecified atom stereocenters. The van der Waals surface area contributed by atoms with Crippen molar-refractivity contribution in [1.29, 1.82) is 0 Å². The van der Waals surface area contributed by atoms with Gasteiger partial charge in [-0.05, 0) is 18.9 Å². The van der Waals surface area contributed by atoms with Crippen LogP contribution in [0.5, 0.6) is 5.75 Å². The summed E-state index contributed by atoms with van der Waals surface area (Å²) in [5.74, 6) is 0.396. The lowest BCUT2D eigenvalue weighted by atomic mass is 10.1. The van der Waals surface area contributed by atoms with Crippen LogP contribution in [-0.2, 0) is 20.0 Å². The molecule has 2 aromatic heterocycles. The maximum Gasteiger partial charge on any atom is 0.422 e. The van der Waals surface area contributed by atoms with Gasteiger partial charge in [0.25, 0.3) is 5.56 Å². The molecular formula is C18H18F3N3O2. The molecule has 0 saturated carbocycles. The van der Waals surface area contributed by atoms with Gasteiger partial charge >= 0.3 is 6.18 Å². The molecule has 1 aromatic carbocycles. The molecule has 0 atom stereocenters. The SMILES string of the molecule is Cc1nc2c(c(OCC(F)(F)F)cn2C)c(=O)n1CCc1ccccc1. The van der Waals surface area contributed by atoms with Crippen LogP contribution in [-0.4, -0.2) is 26.9 Å². The highest BCUT2D eigenvalue weighted by Gasteiger charge is 2.29. The van der Waals surface area contributed by atoms with E-state index >= 15 is 0 Å². The van der Waals surface area contributed by atoms with Gasteiger partial charge in [-0.15, -0.1) is 0 Å². The van der Waals surface area contributed by atoms with E-state index in [4.69, 9.17) is 4.74 Å². The number of halogens is 3. The molecule has 3 rings (SSSR count). The number of rotatable bonds is 5. The molecule has 0 radical (unpaired) electrons. The Kier molecular flexibility index (Phi) is 4.76. The fourth-order valence-electron chi connectivity index (χ4n) is 2.84. The first-order valence-electron chi connectivity index (χ1n) is 8.06. The largest absolute Gasteiger partial charge is 0.482 e. The molecule has 5 nitrogen and oxygen atoms in total. The number of benzene rings is 1. The van der Waals surface area contributed by atoms with Crippen molar-refractivity contribution < 1.29 is 17.9 Å². The number of ether oxygens (including phenoxy) is 1. The van der Waals surface area contributed by atoms with Gasteiger partial charge in [0.15, 0.2) is 18.0 Å². The smallest absolute Gasteiger partial charge is 0.422 e. The van der Waals surface area contributed by atoms with E-state index in [9.17, 15) is 18.0 Å². The third-order valence-electron chi connectivity index (χ3n) is 4.09. The minimum atomic E-state index is -4.48. The first-order valence-corrected chi connectivity index (χ1v) is 8.06. The van der Waals surface area contributed by atoms with Crippen LogP contribution in [0.15, 0.2) is 41.3 Å². The van der Waals surface area contributed by atoms with E-state index in [1.165, 1.54) is 15.3 Å². The minimum Gasteiger partial charge on any atom is -0.482 e. The topological polar surface area (TPSA) is 49.1 Å². The molecule has 0 aliphatic carbocycles. The Morgan fingerprint density at radius 2 is 1.88 bits per heavy atom. The van der Waals surface area contributed by atoms with Crippen LogP contribution in [0.1, 0.15) is 11.4 Å². The second-order valence-electron chi connectivity index (χ2n) is 6.06. The van der Waals surface area contributed by atoms with Gasteiger partial charge in [-0.3, -0.25) is 9.36 Å². The summed E-state index contributed by atoms with van der Waals surface area (Å²) in [5.41, 5.74) is 0.961. The lowest BCUT2D eigenvalue weighted by molar-refractivity contribution is -0.153. The van der Waals surface area contributed by atoms with Crippen LogP contribution >= 0.6 is 0 Å². The van der Waals surface area contributed by atoms with Gasteiger partial charge in [0.05, 0.1) is 0 Å². The molecule has 0 fully saturated rings. The molecule has 0 spiro atoms. The normalized spacial score (nSPS) is 11.9. The van der Waals surface area contributed by atoms with E-state index < -0.39 is 18.3 Å². The third-order valence-corrected chi connectivity index (χ3v) is 4.09. The Hall–Kier alpha value is -2.77. The van der Waals surface area contributed by atoms with Crippen molar-refractivity contribution in [3.8, 4) is 5.75 Å². The zero-order chi connectivity index (χ0) is 18.9. The summed E-state index contributed by atoms with van der Waals surface area (Å²) in [6.45, 7) is 0.629. The van der Waals surface area contributed by atoms with E-state index in [0.717, 1.165) is 5.56 Å². The number of nitrogens with zero attached hydrogens (tertiary/aromatic N) is 3. The summed E-state index contributed by atoms with van der Waals surface area (Å²) in [6.07, 6.45) is -2.52. The molecule has 0 bridgehead atoms. The number of hydrogen-bond donors (Lipinski definition) is 0. The van der Waals surface area contributed by atoms with E-state index in [-0.39, 0.29) is 11.1 Å². The molecule has 2 heterocycles. The number of fused-ring (bicyclic) bond motifs is 1. The Balaban J connectivity index is 1.98. The average molecular weight is 365 g/mol. The highest BCUT2D eigenvalue weighted by atomic mass is 19.4. The predicted molar refractivity (Wildman–Crippen MR) is 91.4 cm³/mol. The van der Waals surface area contributed by atoms with Crippen molar-refractivity contribution in [3.63, 3.8) is 0 Å². The van der Waals surface area contributed by atoms with Gasteiger partial charge in [-0.1, -0.05) is 30.3 Å². The Morgan fingerprint density at radius 3 is 2.54 bits per heavy atom. The first kappa shape index (κ1) is 18.0. The molecule has 3 aromatic rings. The Morgan fingerprint density at radius 1 is 1.19 bits per heavy atom. The highest BCUT2D eigenvalue weighted by molar-refractivity contribution is 5.82. The van der Waals surface area contributed by atoms with Crippen LogP contribution in [0.3, 0.4) is 0 Å². The molecule has 26 heavy (non-hydrogen) atoms. The van der Waals surface area contributed by atoms with Gasteiger partial charge in [-0.25, -0.2) is 4.98 Å². The lowest BCUT2D eigenvalue weighted by Crippen LogP contribution is -2.25. The molecule has 8 heteroatoms. The summed E-state index contributed by atoms with van der Waals surface area (Å²) in [7, 11) is 1.61. The summed E-state index contributed by atoms with van der Waals surface area (Å²) >= 11 is 0. The maximum atomic E-state index is 12.9. The monoisotopic (exact) mass is 365 g/mol. The van der Waals surface area contributed by atoms with Crippen LogP contribution < -0.4 is 10.3 Å². The molecular weight excluding hydrogens is 347 g/mol. The van der Waals surface area contributed by atoms with Crippen LogP contribution in [0.25, 0.3) is 11.0 Å². The van der Waals surface area contributed by atoms with Gasteiger partial charge in [-0.2, -0.15) is 13.2 Å². The fraction of sp³-hybridized carbons (Fsp3) is 0.333. The number of aryl methyl sites for hydroxylation is 3. The second kappa shape index (κ2) is 6.86. The zero-order valence-electron chi connectivity index (χ0n) is 14.4. The average Bonchev–Trinajstić information content (AvgIpc) is 2.89. The molecule has 0 aliphatic rings. The summed E-state index contributed by atoms with van der Waals surface area (Å²) < 4.78 is 45.2. The van der Waals surface area contributed by atoms with Crippen molar-refractivity contribution >= 4 is 11.0 Å². The zero-order valence-corrected chi connectivity index (χ0v) is 14.4. The van der Waals surface area contributed by atoms with E-state index in [2.05, 4.69) is 4.98 Å². The number of aromatic nitrogens is 3. The van der Waals surface area contributed by atoms with Crippen molar-refractivity contribution in [1.82, 2.24) is 14.1 Å². The molecule has 138 valence electrons. The Labute approximate surface area is 147 Å². The van der Waals surface area contributed by atoms with Crippen molar-refractivity contribution in [2.45, 2.75) is 26.1 Å². The summed E-state index contributed by atoms with van der Waals surface area (Å²) in [5, 5.41) is 0.0652. The van der Waals surface area contributed by atoms with Gasteiger partial charge in [0.1, 0.15) is 11.2 Å². The van der Waals surface area contributed by atoms with Gasteiger partial charge < -0.3 is 9.30 Å². The van der Waals surface area contributed by atoms with Crippen LogP contribution in [0.4, 0.5) is 13.2 Å². The van der Waals surface area contributed by atoms with Crippen molar-refractivity contribution in [2.24, 2.45) is 7.05 Å². The van der Waals surface area contributed by atoms with Gasteiger partial charge in [0.2, 0.25) is 0 Å². The third kappa shape index (κ3) is 3.74. The highest BCUT2D eigenvalue weighted by Crippen LogP contribution is 2.26.